The topological polar surface area (TPSA) is 72.6 Å². The van der Waals surface area contributed by atoms with Gasteiger partial charge in [0.25, 0.3) is 0 Å². The third-order valence-corrected chi connectivity index (χ3v) is 6.18. The Kier molecular flexibility index (Phi) is 3.48. The first-order valence-electron chi connectivity index (χ1n) is 7.00. The van der Waals surface area contributed by atoms with Gasteiger partial charge in [-0.3, -0.25) is 0 Å². The van der Waals surface area contributed by atoms with E-state index in [2.05, 4.69) is 0 Å². The second kappa shape index (κ2) is 5.02. The number of rotatable bonds is 3. The molecule has 20 heavy (non-hydrogen) atoms. The average molecular weight is 296 g/mol. The van der Waals surface area contributed by atoms with Crippen molar-refractivity contribution in [3.05, 3.63) is 23.8 Å². The van der Waals surface area contributed by atoms with Crippen molar-refractivity contribution in [2.24, 2.45) is 11.7 Å². The predicted octanol–water partition coefficient (Wildman–Crippen LogP) is 0.979. The fourth-order valence-electron chi connectivity index (χ4n) is 3.07. The fraction of sp³-hybridized carbons (Fsp3) is 0.571. The molecule has 2 aliphatic heterocycles. The molecule has 110 valence electrons. The van der Waals surface area contributed by atoms with Gasteiger partial charge in [-0.25, -0.2) is 8.42 Å². The molecule has 0 amide bonds. The third-order valence-electron chi connectivity index (χ3n) is 4.21. The van der Waals surface area contributed by atoms with Crippen LogP contribution in [0.3, 0.4) is 0 Å². The molecular formula is C14H20N2O3S. The van der Waals surface area contributed by atoms with Crippen molar-refractivity contribution < 1.29 is 13.2 Å². The second-order valence-electron chi connectivity index (χ2n) is 5.63. The highest BCUT2D eigenvalue weighted by Gasteiger charge is 2.37. The summed E-state index contributed by atoms with van der Waals surface area (Å²) >= 11 is 0. The highest BCUT2D eigenvalue weighted by atomic mass is 32.2. The Morgan fingerprint density at radius 2 is 2.25 bits per heavy atom. The smallest absolute Gasteiger partial charge is 0.243 e. The van der Waals surface area contributed by atoms with E-state index in [1.54, 1.807) is 22.5 Å². The molecule has 0 radical (unpaired) electrons. The number of ether oxygens (including phenoxy) is 1. The molecule has 1 aromatic carbocycles. The molecule has 0 aliphatic carbocycles. The first kappa shape index (κ1) is 13.9. The molecule has 0 aromatic heterocycles. The van der Waals surface area contributed by atoms with Gasteiger partial charge in [0, 0.05) is 19.0 Å². The number of hydrogen-bond donors (Lipinski definition) is 1. The lowest BCUT2D eigenvalue weighted by Crippen LogP contribution is -2.34. The first-order valence-corrected chi connectivity index (χ1v) is 8.44. The highest BCUT2D eigenvalue weighted by Crippen LogP contribution is 2.32. The van der Waals surface area contributed by atoms with Crippen LogP contribution in [0.1, 0.15) is 18.9 Å². The average Bonchev–Trinajstić information content (AvgIpc) is 3.03. The van der Waals surface area contributed by atoms with Gasteiger partial charge in [0.05, 0.1) is 11.5 Å². The van der Waals surface area contributed by atoms with E-state index in [1.165, 1.54) is 0 Å². The molecule has 3 rings (SSSR count). The molecule has 2 unspecified atom stereocenters. The van der Waals surface area contributed by atoms with Gasteiger partial charge in [-0.2, -0.15) is 4.31 Å². The normalized spacial score (nSPS) is 26.5. The summed E-state index contributed by atoms with van der Waals surface area (Å²) in [5.41, 5.74) is 6.66. The molecule has 1 fully saturated rings. The van der Waals surface area contributed by atoms with E-state index < -0.39 is 10.0 Å². The Balaban J connectivity index is 1.92. The highest BCUT2D eigenvalue weighted by molar-refractivity contribution is 7.89. The van der Waals surface area contributed by atoms with Crippen molar-refractivity contribution in [3.8, 4) is 5.75 Å². The maximum atomic E-state index is 12.8. The first-order chi connectivity index (χ1) is 9.52. The number of nitrogens with zero attached hydrogens (tertiary/aromatic N) is 1. The van der Waals surface area contributed by atoms with Gasteiger partial charge >= 0.3 is 0 Å². The van der Waals surface area contributed by atoms with Gasteiger partial charge in [-0.1, -0.05) is 0 Å². The monoisotopic (exact) mass is 296 g/mol. The lowest BCUT2D eigenvalue weighted by atomic mass is 10.1. The van der Waals surface area contributed by atoms with Gasteiger partial charge in [0.15, 0.2) is 0 Å². The number of nitrogens with two attached hydrogens (primary N) is 1. The van der Waals surface area contributed by atoms with Crippen LogP contribution in [0.5, 0.6) is 5.75 Å². The predicted molar refractivity (Wildman–Crippen MR) is 76.2 cm³/mol. The van der Waals surface area contributed by atoms with Gasteiger partial charge in [0.2, 0.25) is 10.0 Å². The van der Waals surface area contributed by atoms with Gasteiger partial charge in [-0.05, 0) is 49.6 Å². The lowest BCUT2D eigenvalue weighted by Gasteiger charge is -2.21. The van der Waals surface area contributed by atoms with Gasteiger partial charge in [0.1, 0.15) is 5.75 Å². The van der Waals surface area contributed by atoms with E-state index in [1.807, 2.05) is 6.92 Å². The zero-order valence-electron chi connectivity index (χ0n) is 11.6. The third kappa shape index (κ3) is 2.21. The van der Waals surface area contributed by atoms with E-state index in [0.29, 0.717) is 24.6 Å². The number of fused-ring (bicyclic) bond motifs is 1. The number of sulfonamides is 1. The Bertz CT molecular complexity index is 615. The molecule has 0 saturated carbocycles. The van der Waals surface area contributed by atoms with Crippen LogP contribution in [0.25, 0.3) is 0 Å². The van der Waals surface area contributed by atoms with Crippen LogP contribution in [-0.2, 0) is 16.4 Å². The maximum Gasteiger partial charge on any atom is 0.243 e. The van der Waals surface area contributed by atoms with Crippen LogP contribution in [0.15, 0.2) is 23.1 Å². The van der Waals surface area contributed by atoms with Crippen LogP contribution in [0.4, 0.5) is 0 Å². The Labute approximate surface area is 119 Å². The summed E-state index contributed by atoms with van der Waals surface area (Å²) in [6.07, 6.45) is 1.61. The Hall–Kier alpha value is -1.11. The lowest BCUT2D eigenvalue weighted by molar-refractivity contribution is 0.356. The van der Waals surface area contributed by atoms with E-state index in [4.69, 9.17) is 10.5 Å². The summed E-state index contributed by atoms with van der Waals surface area (Å²) in [4.78, 5) is 0.367. The largest absolute Gasteiger partial charge is 0.493 e. The quantitative estimate of drug-likeness (QED) is 0.902. The molecular weight excluding hydrogens is 276 g/mol. The van der Waals surface area contributed by atoms with Crippen LogP contribution < -0.4 is 10.5 Å². The molecule has 2 aliphatic rings. The molecule has 5 nitrogen and oxygen atoms in total. The van der Waals surface area contributed by atoms with Gasteiger partial charge < -0.3 is 10.5 Å². The van der Waals surface area contributed by atoms with E-state index in [-0.39, 0.29) is 12.0 Å². The molecule has 2 N–H and O–H groups in total. The molecule has 0 bridgehead atoms. The van der Waals surface area contributed by atoms with Crippen molar-refractivity contribution in [2.75, 3.05) is 19.7 Å². The fourth-order valence-corrected chi connectivity index (χ4v) is 4.84. The summed E-state index contributed by atoms with van der Waals surface area (Å²) in [5.74, 6) is 1.07. The van der Waals surface area contributed by atoms with E-state index in [0.717, 1.165) is 24.2 Å². The van der Waals surface area contributed by atoms with Crippen molar-refractivity contribution in [1.29, 1.82) is 0 Å². The minimum Gasteiger partial charge on any atom is -0.493 e. The van der Waals surface area contributed by atoms with Crippen molar-refractivity contribution in [2.45, 2.75) is 30.7 Å². The number of hydrogen-bond acceptors (Lipinski definition) is 4. The summed E-state index contributed by atoms with van der Waals surface area (Å²) in [5, 5.41) is 0. The molecule has 0 spiro atoms. The second-order valence-corrected chi connectivity index (χ2v) is 7.52. The van der Waals surface area contributed by atoms with Crippen molar-refractivity contribution in [1.82, 2.24) is 4.31 Å². The van der Waals surface area contributed by atoms with Crippen LogP contribution in [0, 0.1) is 5.92 Å². The Morgan fingerprint density at radius 1 is 1.45 bits per heavy atom. The molecule has 1 saturated heterocycles. The van der Waals surface area contributed by atoms with E-state index in [9.17, 15) is 8.42 Å². The minimum atomic E-state index is -3.43. The van der Waals surface area contributed by atoms with Crippen LogP contribution in [-0.4, -0.2) is 38.5 Å². The Morgan fingerprint density at radius 3 is 2.95 bits per heavy atom. The summed E-state index contributed by atoms with van der Waals surface area (Å²) in [7, 11) is -3.43. The maximum absolute atomic E-state index is 12.8. The zero-order valence-corrected chi connectivity index (χ0v) is 12.4. The van der Waals surface area contributed by atoms with Crippen molar-refractivity contribution in [3.63, 3.8) is 0 Å². The van der Waals surface area contributed by atoms with E-state index >= 15 is 0 Å². The SMILES string of the molecule is CC1CC(CN)CN1S(=O)(=O)c1ccc2c(c1)CCO2. The van der Waals surface area contributed by atoms with Crippen LogP contribution >= 0.6 is 0 Å². The standard InChI is InChI=1S/C14H20N2O3S/c1-10-6-11(8-15)9-16(10)20(17,18)13-2-3-14-12(7-13)4-5-19-14/h2-3,7,10-11H,4-6,8-9,15H2,1H3. The zero-order chi connectivity index (χ0) is 14.3. The molecule has 2 heterocycles. The molecule has 6 heteroatoms. The molecule has 1 aromatic rings. The summed E-state index contributed by atoms with van der Waals surface area (Å²) in [6, 6.07) is 5.16. The molecule has 2 atom stereocenters. The summed E-state index contributed by atoms with van der Waals surface area (Å²) in [6.45, 7) is 3.64. The number of benzene rings is 1. The van der Waals surface area contributed by atoms with Crippen LogP contribution in [0.2, 0.25) is 0 Å². The van der Waals surface area contributed by atoms with Crippen molar-refractivity contribution >= 4 is 10.0 Å². The summed E-state index contributed by atoms with van der Waals surface area (Å²) < 4.78 is 32.5. The minimum absolute atomic E-state index is 0.0121. The van der Waals surface area contributed by atoms with Gasteiger partial charge in [-0.15, -0.1) is 0 Å².